The highest BCUT2D eigenvalue weighted by atomic mass is 32.2. The molecule has 37 heavy (non-hydrogen) atoms. The lowest BCUT2D eigenvalue weighted by Crippen LogP contribution is -2.33. The number of hydrogen-bond donors (Lipinski definition) is 2. The lowest BCUT2D eigenvalue weighted by molar-refractivity contribution is -0.138. The Hall–Kier alpha value is -3.08. The topological polar surface area (TPSA) is 49.3 Å². The summed E-state index contributed by atoms with van der Waals surface area (Å²) in [4.78, 5) is 11.6. The Labute approximate surface area is 227 Å². The summed E-state index contributed by atoms with van der Waals surface area (Å²) in [5.41, 5.74) is 4.99. The molecule has 0 spiro atoms. The van der Waals surface area contributed by atoms with Gasteiger partial charge in [0.05, 0.1) is 0 Å². The van der Waals surface area contributed by atoms with Crippen LogP contribution in [0.4, 0.5) is 0 Å². The predicted molar refractivity (Wildman–Crippen MR) is 163 cm³/mol. The molecule has 2 N–H and O–H groups in total. The summed E-state index contributed by atoms with van der Waals surface area (Å²) in [6, 6.07) is 16.7. The molecule has 3 atom stereocenters. The number of aliphatic carboxylic acids is 1. The van der Waals surface area contributed by atoms with Crippen LogP contribution in [-0.4, -0.2) is 22.4 Å². The van der Waals surface area contributed by atoms with E-state index in [4.69, 9.17) is 0 Å². The van der Waals surface area contributed by atoms with Crippen LogP contribution in [-0.2, 0) is 4.79 Å². The van der Waals surface area contributed by atoms with Gasteiger partial charge in [-0.05, 0) is 49.8 Å². The molecule has 1 aliphatic rings. The minimum absolute atomic E-state index is 0.281. The van der Waals surface area contributed by atoms with E-state index in [1.165, 1.54) is 34.2 Å². The average Bonchev–Trinajstić information content (AvgIpc) is 2.93. The fourth-order valence-electron chi connectivity index (χ4n) is 3.80. The molecule has 0 saturated carbocycles. The molecular weight excluding hydrogens is 474 g/mol. The first-order valence-electron chi connectivity index (χ1n) is 13.2. The highest BCUT2D eigenvalue weighted by Gasteiger charge is 2.21. The lowest BCUT2D eigenvalue weighted by atomic mass is 9.89. The van der Waals surface area contributed by atoms with E-state index in [0.717, 1.165) is 12.8 Å². The Kier molecular flexibility index (Phi) is 14.2. The van der Waals surface area contributed by atoms with Gasteiger partial charge in [0, 0.05) is 11.2 Å². The molecule has 0 bridgehead atoms. The molecule has 3 rings (SSSR count). The van der Waals surface area contributed by atoms with Gasteiger partial charge in [-0.25, -0.2) is 4.72 Å². The van der Waals surface area contributed by atoms with Gasteiger partial charge in [-0.15, -0.1) is 0 Å². The van der Waals surface area contributed by atoms with Crippen LogP contribution in [0, 0.1) is 6.92 Å². The van der Waals surface area contributed by atoms with Gasteiger partial charge in [0.1, 0.15) is 6.04 Å². The van der Waals surface area contributed by atoms with E-state index in [2.05, 4.69) is 84.5 Å². The van der Waals surface area contributed by atoms with Crippen LogP contribution in [0.25, 0.3) is 12.2 Å². The van der Waals surface area contributed by atoms with E-state index in [-0.39, 0.29) is 5.25 Å². The van der Waals surface area contributed by atoms with Crippen molar-refractivity contribution in [3.63, 3.8) is 0 Å². The van der Waals surface area contributed by atoms with Gasteiger partial charge in [0.15, 0.2) is 0 Å². The van der Waals surface area contributed by atoms with Crippen LogP contribution in [0.1, 0.15) is 68.2 Å². The van der Waals surface area contributed by atoms with E-state index < -0.39 is 12.0 Å². The molecule has 3 unspecified atom stereocenters. The minimum Gasteiger partial charge on any atom is -0.480 e. The molecule has 0 aromatic heterocycles. The summed E-state index contributed by atoms with van der Waals surface area (Å²) >= 11 is 1.52. The maximum absolute atomic E-state index is 11.6. The van der Waals surface area contributed by atoms with E-state index in [0.29, 0.717) is 12.3 Å². The second-order valence-electron chi connectivity index (χ2n) is 8.72. The summed E-state index contributed by atoms with van der Waals surface area (Å²) in [6.07, 6.45) is 22.8. The van der Waals surface area contributed by atoms with Crippen molar-refractivity contribution >= 4 is 30.1 Å². The highest BCUT2D eigenvalue weighted by molar-refractivity contribution is 7.98. The van der Waals surface area contributed by atoms with Gasteiger partial charge in [-0.1, -0.05) is 141 Å². The van der Waals surface area contributed by atoms with Crippen molar-refractivity contribution in [2.75, 3.05) is 0 Å². The fraction of sp³-hybridized carbons (Fsp3) is 0.303. The minimum atomic E-state index is -0.825. The van der Waals surface area contributed by atoms with Gasteiger partial charge < -0.3 is 5.11 Å². The zero-order valence-corrected chi connectivity index (χ0v) is 23.3. The molecule has 0 radical (unpaired) electrons. The summed E-state index contributed by atoms with van der Waals surface area (Å²) in [5.74, 6) is -0.419. The summed E-state index contributed by atoms with van der Waals surface area (Å²) < 4.78 is 3.15. The Morgan fingerprint density at radius 2 is 1.57 bits per heavy atom. The van der Waals surface area contributed by atoms with Crippen molar-refractivity contribution in [3.05, 3.63) is 119 Å². The number of carbonyl (C=O) groups is 1. The maximum Gasteiger partial charge on any atom is 0.321 e. The second-order valence-corrected chi connectivity index (χ2v) is 9.80. The van der Waals surface area contributed by atoms with Crippen molar-refractivity contribution in [2.45, 2.75) is 64.2 Å². The molecule has 1 aliphatic carbocycles. The average molecular weight is 516 g/mol. The number of nitrogens with one attached hydrogen (secondary N) is 1. The first-order chi connectivity index (χ1) is 18.0. The fourth-order valence-corrected chi connectivity index (χ4v) is 4.76. The van der Waals surface area contributed by atoms with Crippen LogP contribution in [0.3, 0.4) is 0 Å². The molecule has 3 nitrogen and oxygen atoms in total. The number of aryl methyl sites for hydroxylation is 1. The number of rotatable bonds is 11. The number of carboxylic acid groups (broad SMARTS) is 1. The van der Waals surface area contributed by atoms with Gasteiger partial charge >= 0.3 is 5.97 Å². The molecule has 0 saturated heterocycles. The van der Waals surface area contributed by atoms with Gasteiger partial charge in [-0.2, -0.15) is 0 Å². The summed E-state index contributed by atoms with van der Waals surface area (Å²) in [6.45, 7) is 8.06. The molecular formula is C33H41NO2S. The third-order valence-electron chi connectivity index (χ3n) is 5.92. The Morgan fingerprint density at radius 1 is 0.946 bits per heavy atom. The maximum atomic E-state index is 11.6. The van der Waals surface area contributed by atoms with Crippen LogP contribution >= 0.6 is 11.9 Å². The van der Waals surface area contributed by atoms with E-state index in [1.807, 2.05) is 57.2 Å². The predicted octanol–water partition coefficient (Wildman–Crippen LogP) is 8.76. The van der Waals surface area contributed by atoms with E-state index >= 15 is 0 Å². The van der Waals surface area contributed by atoms with Crippen LogP contribution in [0.5, 0.6) is 0 Å². The largest absolute Gasteiger partial charge is 0.480 e. The first-order valence-corrected chi connectivity index (χ1v) is 14.0. The zero-order valence-electron chi connectivity index (χ0n) is 22.5. The zero-order chi connectivity index (χ0) is 26.9. The Balaban J connectivity index is 0.00000235. The van der Waals surface area contributed by atoms with Crippen LogP contribution in [0.15, 0.2) is 97.1 Å². The quantitative estimate of drug-likeness (QED) is 0.136. The SMILES string of the molecule is CC.C\C=C/C=C\C=C\CC(NSC1C=CC(c2ccc(/C=C/c3ccc(C)cc3)cc2)CC1)C(=O)O. The molecule has 0 amide bonds. The Morgan fingerprint density at radius 3 is 2.14 bits per heavy atom. The molecule has 0 heterocycles. The summed E-state index contributed by atoms with van der Waals surface area (Å²) in [5, 5.41) is 9.79. The smallest absolute Gasteiger partial charge is 0.321 e. The van der Waals surface area contributed by atoms with Crippen LogP contribution < -0.4 is 4.72 Å². The van der Waals surface area contributed by atoms with Gasteiger partial charge in [0.2, 0.25) is 0 Å². The van der Waals surface area contributed by atoms with Gasteiger partial charge in [-0.3, -0.25) is 4.79 Å². The van der Waals surface area contributed by atoms with E-state index in [9.17, 15) is 9.90 Å². The second kappa shape index (κ2) is 17.4. The Bertz CT molecular complexity index is 1080. The third kappa shape index (κ3) is 11.2. The highest BCUT2D eigenvalue weighted by Crippen LogP contribution is 2.32. The number of benzene rings is 2. The van der Waals surface area contributed by atoms with Gasteiger partial charge in [0.25, 0.3) is 0 Å². The third-order valence-corrected chi connectivity index (χ3v) is 7.04. The van der Waals surface area contributed by atoms with Crippen LogP contribution in [0.2, 0.25) is 0 Å². The van der Waals surface area contributed by atoms with Crippen molar-refractivity contribution in [1.82, 2.24) is 4.72 Å². The molecule has 2 aromatic carbocycles. The number of allylic oxidation sites excluding steroid dienone is 6. The monoisotopic (exact) mass is 515 g/mol. The molecule has 2 aromatic rings. The van der Waals surface area contributed by atoms with Crippen molar-refractivity contribution in [3.8, 4) is 0 Å². The van der Waals surface area contributed by atoms with E-state index in [1.54, 1.807) is 0 Å². The molecule has 0 aliphatic heterocycles. The van der Waals surface area contributed by atoms with Crippen molar-refractivity contribution in [2.24, 2.45) is 0 Å². The number of carboxylic acids is 1. The number of hydrogen-bond acceptors (Lipinski definition) is 3. The normalized spacial score (nSPS) is 18.5. The molecule has 4 heteroatoms. The standard InChI is InChI=1S/C31H35NO2S.C2H6/c1-3-4-5-6-7-8-9-30(31(33)34)32-35-29-22-20-28(21-23-29)27-18-16-26(17-19-27)15-14-25-12-10-24(2)11-13-25;1-2/h3-8,10-20,22,28-30,32H,9,21,23H2,1-2H3,(H,33,34);1-2H3/b4-3-,6-5-,8-7+,15-14+;. The lowest BCUT2D eigenvalue weighted by Gasteiger charge is -2.24. The van der Waals surface area contributed by atoms with Crippen molar-refractivity contribution in [1.29, 1.82) is 0 Å². The molecule has 0 fully saturated rings. The molecule has 196 valence electrons. The summed E-state index contributed by atoms with van der Waals surface area (Å²) in [7, 11) is 0. The van der Waals surface area contributed by atoms with Crippen molar-refractivity contribution < 1.29 is 9.90 Å². The first kappa shape index (κ1) is 30.1.